The molecular formula is C14H21NO4S. The maximum Gasteiger partial charge on any atom is 0.150 e. The van der Waals surface area contributed by atoms with E-state index in [0.29, 0.717) is 5.75 Å². The van der Waals surface area contributed by atoms with Crippen LogP contribution in [0, 0.1) is 13.8 Å². The molecule has 1 aliphatic rings. The Bertz CT molecular complexity index is 573. The molecule has 112 valence electrons. The summed E-state index contributed by atoms with van der Waals surface area (Å²) in [5, 5.41) is 10.3. The van der Waals surface area contributed by atoms with Crippen LogP contribution in [0.25, 0.3) is 0 Å². The van der Waals surface area contributed by atoms with Gasteiger partial charge in [-0.25, -0.2) is 8.42 Å². The number of nitrogens with two attached hydrogens (primary N) is 1. The molecule has 0 saturated carbocycles. The Balaban J connectivity index is 2.02. The van der Waals surface area contributed by atoms with Gasteiger partial charge in [0, 0.05) is 5.69 Å². The average Bonchev–Trinajstić information content (AvgIpc) is 2.38. The highest BCUT2D eigenvalue weighted by Gasteiger charge is 2.36. The summed E-state index contributed by atoms with van der Waals surface area (Å²) in [5.41, 5.74) is 7.41. The van der Waals surface area contributed by atoms with Crippen molar-refractivity contribution in [2.24, 2.45) is 0 Å². The third kappa shape index (κ3) is 3.43. The van der Waals surface area contributed by atoms with Gasteiger partial charge in [-0.15, -0.1) is 0 Å². The van der Waals surface area contributed by atoms with Crippen molar-refractivity contribution in [1.82, 2.24) is 0 Å². The van der Waals surface area contributed by atoms with Gasteiger partial charge >= 0.3 is 0 Å². The van der Waals surface area contributed by atoms with Crippen LogP contribution in [0.2, 0.25) is 0 Å². The van der Waals surface area contributed by atoms with E-state index in [1.165, 1.54) is 0 Å². The predicted octanol–water partition coefficient (Wildman–Crippen LogP) is 1.20. The summed E-state index contributed by atoms with van der Waals surface area (Å²) in [4.78, 5) is 0. The number of anilines is 1. The lowest BCUT2D eigenvalue weighted by molar-refractivity contribution is -0.0128. The maximum absolute atomic E-state index is 11.4. The van der Waals surface area contributed by atoms with Crippen LogP contribution in [0.3, 0.4) is 0 Å². The topological polar surface area (TPSA) is 89.6 Å². The quantitative estimate of drug-likeness (QED) is 0.819. The molecule has 0 bridgehead atoms. The minimum atomic E-state index is -2.99. The first-order valence-electron chi connectivity index (χ1n) is 6.63. The van der Waals surface area contributed by atoms with Crippen LogP contribution in [0.5, 0.6) is 5.75 Å². The molecule has 1 heterocycles. The SMILES string of the molecule is Cc1cc(OCC2(O)CCS(=O)(=O)CC2)cc(C)c1N. The fourth-order valence-corrected chi connectivity index (χ4v) is 3.88. The highest BCUT2D eigenvalue weighted by Crippen LogP contribution is 2.27. The molecule has 1 aromatic carbocycles. The molecule has 0 unspecified atom stereocenters. The second-order valence-electron chi connectivity index (χ2n) is 5.64. The molecule has 2 rings (SSSR count). The van der Waals surface area contributed by atoms with Gasteiger partial charge in [0.25, 0.3) is 0 Å². The zero-order chi connectivity index (χ0) is 15.0. The van der Waals surface area contributed by atoms with Crippen molar-refractivity contribution in [1.29, 1.82) is 0 Å². The molecule has 6 heteroatoms. The summed E-state index contributed by atoms with van der Waals surface area (Å²) in [6, 6.07) is 3.65. The summed E-state index contributed by atoms with van der Waals surface area (Å²) in [6.07, 6.45) is 0.449. The molecule has 1 fully saturated rings. The number of aryl methyl sites for hydroxylation is 2. The zero-order valence-corrected chi connectivity index (χ0v) is 12.7. The molecule has 1 aromatic rings. The molecular weight excluding hydrogens is 278 g/mol. The van der Waals surface area contributed by atoms with E-state index in [4.69, 9.17) is 10.5 Å². The van der Waals surface area contributed by atoms with Crippen molar-refractivity contribution < 1.29 is 18.3 Å². The number of hydrogen-bond acceptors (Lipinski definition) is 5. The van der Waals surface area contributed by atoms with Gasteiger partial charge in [-0.2, -0.15) is 0 Å². The molecule has 1 saturated heterocycles. The van der Waals surface area contributed by atoms with Crippen LogP contribution in [-0.2, 0) is 9.84 Å². The third-order valence-electron chi connectivity index (χ3n) is 3.83. The molecule has 0 aliphatic carbocycles. The van der Waals surface area contributed by atoms with Gasteiger partial charge in [0.05, 0.1) is 11.5 Å². The van der Waals surface area contributed by atoms with Crippen molar-refractivity contribution in [3.8, 4) is 5.75 Å². The zero-order valence-electron chi connectivity index (χ0n) is 11.8. The van der Waals surface area contributed by atoms with Crippen molar-refractivity contribution in [2.75, 3.05) is 23.8 Å². The summed E-state index contributed by atoms with van der Waals surface area (Å²) < 4.78 is 28.4. The number of sulfone groups is 1. The number of hydrogen-bond donors (Lipinski definition) is 2. The molecule has 0 radical (unpaired) electrons. The van der Waals surface area contributed by atoms with Gasteiger partial charge in [0.15, 0.2) is 9.84 Å². The van der Waals surface area contributed by atoms with E-state index >= 15 is 0 Å². The summed E-state index contributed by atoms with van der Waals surface area (Å²) >= 11 is 0. The normalized spacial score (nSPS) is 20.6. The van der Waals surface area contributed by atoms with Crippen LogP contribution in [0.4, 0.5) is 5.69 Å². The number of rotatable bonds is 3. The number of aliphatic hydroxyl groups is 1. The fourth-order valence-electron chi connectivity index (χ4n) is 2.30. The van der Waals surface area contributed by atoms with Gasteiger partial charge in [0.2, 0.25) is 0 Å². The first-order valence-corrected chi connectivity index (χ1v) is 8.45. The Kier molecular flexibility index (Phi) is 3.97. The van der Waals surface area contributed by atoms with E-state index < -0.39 is 15.4 Å². The summed E-state index contributed by atoms with van der Waals surface area (Å²) in [6.45, 7) is 3.90. The largest absolute Gasteiger partial charge is 0.491 e. The highest BCUT2D eigenvalue weighted by atomic mass is 32.2. The van der Waals surface area contributed by atoms with E-state index in [1.54, 1.807) is 0 Å². The van der Waals surface area contributed by atoms with Gasteiger partial charge in [-0.3, -0.25) is 0 Å². The molecule has 1 aliphatic heterocycles. The first kappa shape index (κ1) is 15.1. The highest BCUT2D eigenvalue weighted by molar-refractivity contribution is 7.91. The number of benzene rings is 1. The third-order valence-corrected chi connectivity index (χ3v) is 5.48. The maximum atomic E-state index is 11.4. The van der Waals surface area contributed by atoms with E-state index in [9.17, 15) is 13.5 Å². The molecule has 20 heavy (non-hydrogen) atoms. The molecule has 5 nitrogen and oxygen atoms in total. The van der Waals surface area contributed by atoms with Gasteiger partial charge in [-0.05, 0) is 49.9 Å². The average molecular weight is 299 g/mol. The van der Waals surface area contributed by atoms with Gasteiger partial charge < -0.3 is 15.6 Å². The Hall–Kier alpha value is -1.27. The molecule has 0 spiro atoms. The van der Waals surface area contributed by atoms with E-state index in [0.717, 1.165) is 16.8 Å². The van der Waals surface area contributed by atoms with Crippen molar-refractivity contribution in [3.63, 3.8) is 0 Å². The van der Waals surface area contributed by atoms with Crippen LogP contribution >= 0.6 is 0 Å². The van der Waals surface area contributed by atoms with Crippen LogP contribution in [0.15, 0.2) is 12.1 Å². The van der Waals surface area contributed by atoms with Gasteiger partial charge in [0.1, 0.15) is 18.0 Å². The second-order valence-corrected chi connectivity index (χ2v) is 7.94. The Morgan fingerprint density at radius 1 is 1.25 bits per heavy atom. The van der Waals surface area contributed by atoms with E-state index in [-0.39, 0.29) is 31.0 Å². The number of ether oxygens (including phenoxy) is 1. The second kappa shape index (κ2) is 5.26. The van der Waals surface area contributed by atoms with Crippen LogP contribution in [0.1, 0.15) is 24.0 Å². The molecule has 3 N–H and O–H groups in total. The first-order chi connectivity index (χ1) is 9.21. The Morgan fingerprint density at radius 2 is 1.75 bits per heavy atom. The lowest BCUT2D eigenvalue weighted by Gasteiger charge is -2.31. The lowest BCUT2D eigenvalue weighted by Crippen LogP contribution is -2.43. The summed E-state index contributed by atoms with van der Waals surface area (Å²) in [7, 11) is -2.99. The lowest BCUT2D eigenvalue weighted by atomic mass is 9.98. The summed E-state index contributed by atoms with van der Waals surface area (Å²) in [5.74, 6) is 0.690. The van der Waals surface area contributed by atoms with E-state index in [2.05, 4.69) is 0 Å². The van der Waals surface area contributed by atoms with Crippen molar-refractivity contribution in [2.45, 2.75) is 32.3 Å². The smallest absolute Gasteiger partial charge is 0.150 e. The van der Waals surface area contributed by atoms with Crippen molar-refractivity contribution >= 4 is 15.5 Å². The fraction of sp³-hybridized carbons (Fsp3) is 0.571. The minimum absolute atomic E-state index is 0.0205. The van der Waals surface area contributed by atoms with Crippen LogP contribution < -0.4 is 10.5 Å². The molecule has 0 amide bonds. The van der Waals surface area contributed by atoms with Gasteiger partial charge in [-0.1, -0.05) is 0 Å². The standard InChI is InChI=1S/C14H21NO4S/c1-10-7-12(8-11(2)13(10)15)19-9-14(16)3-5-20(17,18)6-4-14/h7-8,16H,3-6,9,15H2,1-2H3. The Morgan fingerprint density at radius 3 is 2.25 bits per heavy atom. The predicted molar refractivity (Wildman–Crippen MR) is 78.7 cm³/mol. The Labute approximate surface area is 119 Å². The molecule has 0 aromatic heterocycles. The van der Waals surface area contributed by atoms with Crippen molar-refractivity contribution in [3.05, 3.63) is 23.3 Å². The minimum Gasteiger partial charge on any atom is -0.491 e. The van der Waals surface area contributed by atoms with E-state index in [1.807, 2.05) is 26.0 Å². The monoisotopic (exact) mass is 299 g/mol. The number of nitrogen functional groups attached to an aromatic ring is 1. The molecule has 0 atom stereocenters. The van der Waals surface area contributed by atoms with Crippen LogP contribution in [-0.4, -0.2) is 37.2 Å².